The number of hydrogen-bond donors (Lipinski definition) is 2. The summed E-state index contributed by atoms with van der Waals surface area (Å²) in [6.45, 7) is 2.89. The van der Waals surface area contributed by atoms with Crippen LogP contribution in [0.15, 0.2) is 35.7 Å². The minimum Gasteiger partial charge on any atom is -0.461 e. The van der Waals surface area contributed by atoms with E-state index in [2.05, 4.69) is 33.0 Å². The van der Waals surface area contributed by atoms with Gasteiger partial charge in [0.25, 0.3) is 0 Å². The number of hydrogen-bond acceptors (Lipinski definition) is 6. The Kier molecular flexibility index (Phi) is 5.31. The largest absolute Gasteiger partial charge is 0.461 e. The summed E-state index contributed by atoms with van der Waals surface area (Å²) in [6.07, 6.45) is 2.61. The quantitative estimate of drug-likeness (QED) is 0.639. The summed E-state index contributed by atoms with van der Waals surface area (Å²) in [4.78, 5) is 17.9. The molecule has 1 aliphatic carbocycles. The smallest absolute Gasteiger partial charge is 0.359 e. The second kappa shape index (κ2) is 8.02. The monoisotopic (exact) mass is 382 g/mol. The highest BCUT2D eigenvalue weighted by Gasteiger charge is 2.26. The fourth-order valence-electron chi connectivity index (χ4n) is 3.44. The minimum atomic E-state index is -0.337. The zero-order chi connectivity index (χ0) is 18.6. The molecular weight excluding hydrogens is 360 g/mol. The van der Waals surface area contributed by atoms with Gasteiger partial charge in [-0.15, -0.1) is 11.3 Å². The van der Waals surface area contributed by atoms with Gasteiger partial charge in [-0.2, -0.15) is 5.10 Å². The van der Waals surface area contributed by atoms with E-state index >= 15 is 0 Å². The molecule has 4 rings (SSSR count). The first kappa shape index (κ1) is 17.9. The van der Waals surface area contributed by atoms with Gasteiger partial charge in [-0.3, -0.25) is 10.1 Å². The zero-order valence-corrected chi connectivity index (χ0v) is 16.0. The molecule has 0 saturated carbocycles. The van der Waals surface area contributed by atoms with Crippen LogP contribution in [0, 0.1) is 0 Å². The van der Waals surface area contributed by atoms with Crippen LogP contribution in [0.25, 0.3) is 10.6 Å². The van der Waals surface area contributed by atoms with Crippen molar-refractivity contribution in [1.29, 1.82) is 0 Å². The highest BCUT2D eigenvalue weighted by atomic mass is 32.1. The number of thiophene rings is 1. The SMILES string of the molecule is CCOC(=O)c1n[nH]c2c1CCC(NCc1cccc(-c3cccs3)n1)C2. The van der Waals surface area contributed by atoms with E-state index in [0.29, 0.717) is 18.3 Å². The Balaban J connectivity index is 1.38. The Bertz CT molecular complexity index is 920. The van der Waals surface area contributed by atoms with Crippen molar-refractivity contribution in [2.24, 2.45) is 0 Å². The Morgan fingerprint density at radius 2 is 2.30 bits per heavy atom. The summed E-state index contributed by atoms with van der Waals surface area (Å²) in [5.41, 5.74) is 4.52. The first-order valence-electron chi connectivity index (χ1n) is 9.21. The van der Waals surface area contributed by atoms with Gasteiger partial charge >= 0.3 is 5.97 Å². The van der Waals surface area contributed by atoms with Crippen LogP contribution in [-0.2, 0) is 24.1 Å². The summed E-state index contributed by atoms with van der Waals surface area (Å²) in [6, 6.07) is 10.6. The molecule has 0 bridgehead atoms. The topological polar surface area (TPSA) is 79.9 Å². The molecule has 1 aliphatic rings. The van der Waals surface area contributed by atoms with Gasteiger partial charge in [0.2, 0.25) is 0 Å². The third-order valence-corrected chi connectivity index (χ3v) is 5.66. The van der Waals surface area contributed by atoms with Crippen LogP contribution in [0.2, 0.25) is 0 Å². The predicted molar refractivity (Wildman–Crippen MR) is 105 cm³/mol. The number of fused-ring (bicyclic) bond motifs is 1. The zero-order valence-electron chi connectivity index (χ0n) is 15.2. The Morgan fingerprint density at radius 1 is 1.37 bits per heavy atom. The summed E-state index contributed by atoms with van der Waals surface area (Å²) >= 11 is 1.70. The van der Waals surface area contributed by atoms with Crippen molar-refractivity contribution < 1.29 is 9.53 Å². The molecule has 0 spiro atoms. The van der Waals surface area contributed by atoms with E-state index in [1.807, 2.05) is 18.2 Å². The Morgan fingerprint density at radius 3 is 3.11 bits per heavy atom. The summed E-state index contributed by atoms with van der Waals surface area (Å²) in [5, 5.41) is 12.8. The Labute approximate surface area is 162 Å². The molecule has 0 aromatic carbocycles. The van der Waals surface area contributed by atoms with Crippen molar-refractivity contribution >= 4 is 17.3 Å². The number of aromatic nitrogens is 3. The summed E-state index contributed by atoms with van der Waals surface area (Å²) in [7, 11) is 0. The van der Waals surface area contributed by atoms with Gasteiger partial charge in [-0.25, -0.2) is 4.79 Å². The molecule has 0 amide bonds. The lowest BCUT2D eigenvalue weighted by molar-refractivity contribution is 0.0518. The molecule has 0 radical (unpaired) electrons. The third kappa shape index (κ3) is 3.94. The van der Waals surface area contributed by atoms with Crippen LogP contribution in [0.4, 0.5) is 0 Å². The number of esters is 1. The lowest BCUT2D eigenvalue weighted by Gasteiger charge is -2.23. The van der Waals surface area contributed by atoms with E-state index in [9.17, 15) is 4.79 Å². The molecule has 7 heteroatoms. The maximum absolute atomic E-state index is 12.0. The van der Waals surface area contributed by atoms with Crippen molar-refractivity contribution in [2.75, 3.05) is 6.61 Å². The van der Waals surface area contributed by atoms with Crippen LogP contribution in [-0.4, -0.2) is 33.8 Å². The minimum absolute atomic E-state index is 0.334. The fraction of sp³-hybridized carbons (Fsp3) is 0.350. The molecule has 27 heavy (non-hydrogen) atoms. The van der Waals surface area contributed by atoms with Crippen molar-refractivity contribution in [3.63, 3.8) is 0 Å². The van der Waals surface area contributed by atoms with E-state index in [0.717, 1.165) is 48.5 Å². The van der Waals surface area contributed by atoms with Gasteiger partial charge < -0.3 is 10.1 Å². The molecular formula is C20H22N4O2S. The van der Waals surface area contributed by atoms with Crippen LogP contribution in [0.1, 0.15) is 40.8 Å². The third-order valence-electron chi connectivity index (χ3n) is 4.77. The molecule has 1 unspecified atom stereocenters. The number of pyridine rings is 1. The predicted octanol–water partition coefficient (Wildman–Crippen LogP) is 3.36. The molecule has 6 nitrogen and oxygen atoms in total. The molecule has 0 fully saturated rings. The Hall–Kier alpha value is -2.51. The maximum atomic E-state index is 12.0. The van der Waals surface area contributed by atoms with Gasteiger partial charge in [0, 0.05) is 30.3 Å². The second-order valence-electron chi connectivity index (χ2n) is 6.56. The average molecular weight is 382 g/mol. The highest BCUT2D eigenvalue weighted by Crippen LogP contribution is 2.24. The normalized spacial score (nSPS) is 16.1. The first-order chi connectivity index (χ1) is 13.2. The number of carbonyl (C=O) groups is 1. The van der Waals surface area contributed by atoms with E-state index in [1.165, 1.54) is 4.88 Å². The number of nitrogens with zero attached hydrogens (tertiary/aromatic N) is 2. The molecule has 0 saturated heterocycles. The molecule has 3 aromatic rings. The second-order valence-corrected chi connectivity index (χ2v) is 7.51. The molecule has 140 valence electrons. The average Bonchev–Trinajstić information content (AvgIpc) is 3.36. The van der Waals surface area contributed by atoms with Crippen molar-refractivity contribution in [2.45, 2.75) is 38.8 Å². The lowest BCUT2D eigenvalue weighted by atomic mass is 9.91. The van der Waals surface area contributed by atoms with Gasteiger partial charge in [0.05, 0.1) is 22.9 Å². The van der Waals surface area contributed by atoms with Crippen LogP contribution >= 0.6 is 11.3 Å². The number of H-pyrrole nitrogens is 1. The fourth-order valence-corrected chi connectivity index (χ4v) is 4.13. The first-order valence-corrected chi connectivity index (χ1v) is 10.1. The van der Waals surface area contributed by atoms with Crippen LogP contribution in [0.3, 0.4) is 0 Å². The highest BCUT2D eigenvalue weighted by molar-refractivity contribution is 7.13. The number of ether oxygens (including phenoxy) is 1. The van der Waals surface area contributed by atoms with Gasteiger partial charge in [-0.05, 0) is 43.3 Å². The van der Waals surface area contributed by atoms with Gasteiger partial charge in [0.1, 0.15) is 0 Å². The molecule has 0 aliphatic heterocycles. The van der Waals surface area contributed by atoms with Gasteiger partial charge in [-0.1, -0.05) is 12.1 Å². The van der Waals surface area contributed by atoms with Crippen molar-refractivity contribution in [1.82, 2.24) is 20.5 Å². The molecule has 1 atom stereocenters. The number of nitrogens with one attached hydrogen (secondary N) is 2. The van der Waals surface area contributed by atoms with Gasteiger partial charge in [0.15, 0.2) is 5.69 Å². The lowest BCUT2D eigenvalue weighted by Crippen LogP contribution is -2.34. The van der Waals surface area contributed by atoms with E-state index in [4.69, 9.17) is 9.72 Å². The van der Waals surface area contributed by atoms with E-state index < -0.39 is 0 Å². The number of rotatable bonds is 6. The van der Waals surface area contributed by atoms with Crippen LogP contribution in [0.5, 0.6) is 0 Å². The standard InChI is InChI=1S/C20H22N4O2S/c1-2-26-20(25)19-15-9-8-13(11-17(15)23-24-19)21-12-14-5-3-6-16(22-14)18-7-4-10-27-18/h3-7,10,13,21H,2,8-9,11-12H2,1H3,(H,23,24). The van der Waals surface area contributed by atoms with E-state index in [-0.39, 0.29) is 5.97 Å². The maximum Gasteiger partial charge on any atom is 0.359 e. The molecule has 3 heterocycles. The van der Waals surface area contributed by atoms with E-state index in [1.54, 1.807) is 18.3 Å². The number of aromatic amines is 1. The molecule has 2 N–H and O–H groups in total. The number of carbonyl (C=O) groups excluding carboxylic acids is 1. The summed E-state index contributed by atoms with van der Waals surface area (Å²) < 4.78 is 5.08. The van der Waals surface area contributed by atoms with Crippen LogP contribution < -0.4 is 5.32 Å². The van der Waals surface area contributed by atoms with Crippen molar-refractivity contribution in [3.05, 3.63) is 58.4 Å². The van der Waals surface area contributed by atoms with Crippen molar-refractivity contribution in [3.8, 4) is 10.6 Å². The summed E-state index contributed by atoms with van der Waals surface area (Å²) in [5.74, 6) is -0.337. The molecule has 3 aromatic heterocycles.